The maximum atomic E-state index is 12.3. The second-order valence-electron chi connectivity index (χ2n) is 5.57. The molecule has 0 unspecified atom stereocenters. The fourth-order valence-corrected chi connectivity index (χ4v) is 2.63. The molecule has 0 aliphatic carbocycles. The van der Waals surface area contributed by atoms with Gasteiger partial charge < -0.3 is 14.9 Å². The number of carbonyl (C=O) groups is 2. The highest BCUT2D eigenvalue weighted by Gasteiger charge is 2.24. The highest BCUT2D eigenvalue weighted by atomic mass is 16.3. The van der Waals surface area contributed by atoms with Gasteiger partial charge in [0.05, 0.1) is 6.42 Å². The lowest BCUT2D eigenvalue weighted by Crippen LogP contribution is -2.51. The molecule has 1 fully saturated rings. The van der Waals surface area contributed by atoms with E-state index in [9.17, 15) is 14.7 Å². The van der Waals surface area contributed by atoms with Gasteiger partial charge in [0.15, 0.2) is 0 Å². The summed E-state index contributed by atoms with van der Waals surface area (Å²) in [6.07, 6.45) is 1.55. The predicted octanol–water partition coefficient (Wildman–Crippen LogP) is -0.708. The largest absolute Gasteiger partial charge is 0.508 e. The number of hydrogen-bond acceptors (Lipinski definition) is 6. The van der Waals surface area contributed by atoms with Gasteiger partial charge in [-0.2, -0.15) is 0 Å². The minimum atomic E-state index is -0.0740. The molecule has 2 aromatic rings. The summed E-state index contributed by atoms with van der Waals surface area (Å²) >= 11 is 0. The number of benzene rings is 1. The van der Waals surface area contributed by atoms with Gasteiger partial charge >= 0.3 is 0 Å². The molecule has 1 aliphatic heterocycles. The minimum absolute atomic E-state index is 0.0518. The van der Waals surface area contributed by atoms with Gasteiger partial charge in [0.2, 0.25) is 11.8 Å². The molecule has 1 saturated heterocycles. The van der Waals surface area contributed by atoms with Gasteiger partial charge in [-0.05, 0) is 16.5 Å². The van der Waals surface area contributed by atoms with E-state index in [0.29, 0.717) is 31.7 Å². The Morgan fingerprint density at radius 2 is 1.71 bits per heavy atom. The molecule has 24 heavy (non-hydrogen) atoms. The van der Waals surface area contributed by atoms with Gasteiger partial charge in [0.25, 0.3) is 0 Å². The minimum Gasteiger partial charge on any atom is -0.508 e. The number of phenolic OH excluding ortho intramolecular Hbond substituents is 1. The first kappa shape index (κ1) is 15.9. The predicted molar refractivity (Wildman–Crippen MR) is 82.8 cm³/mol. The molecule has 0 spiro atoms. The van der Waals surface area contributed by atoms with E-state index in [2.05, 4.69) is 15.5 Å². The Kier molecular flexibility index (Phi) is 4.69. The van der Waals surface area contributed by atoms with E-state index in [4.69, 9.17) is 0 Å². The molecule has 2 amide bonds. The molecule has 0 saturated carbocycles. The Hall–Kier alpha value is -2.97. The van der Waals surface area contributed by atoms with Crippen molar-refractivity contribution in [3.63, 3.8) is 0 Å². The van der Waals surface area contributed by atoms with Gasteiger partial charge in [-0.3, -0.25) is 9.59 Å². The van der Waals surface area contributed by atoms with Crippen molar-refractivity contribution in [2.45, 2.75) is 13.0 Å². The van der Waals surface area contributed by atoms with Crippen molar-refractivity contribution < 1.29 is 14.7 Å². The molecule has 0 bridgehead atoms. The molecule has 1 aromatic carbocycles. The van der Waals surface area contributed by atoms with Crippen LogP contribution in [0.2, 0.25) is 0 Å². The number of phenols is 1. The van der Waals surface area contributed by atoms with Crippen LogP contribution >= 0.6 is 0 Å². The van der Waals surface area contributed by atoms with E-state index in [-0.39, 0.29) is 30.5 Å². The third-order valence-corrected chi connectivity index (χ3v) is 4.01. The number of amides is 2. The Balaban J connectivity index is 1.50. The van der Waals surface area contributed by atoms with E-state index >= 15 is 0 Å². The number of piperazine rings is 1. The van der Waals surface area contributed by atoms with Crippen molar-refractivity contribution in [1.82, 2.24) is 30.0 Å². The molecular weight excluding hydrogens is 312 g/mol. The Morgan fingerprint density at radius 1 is 1.04 bits per heavy atom. The zero-order chi connectivity index (χ0) is 16.9. The number of hydrogen-bond donors (Lipinski definition) is 1. The first-order valence-electron chi connectivity index (χ1n) is 7.66. The standard InChI is InChI=1S/C15H18N6O3/c22-13-4-2-1-3-12(13)9-14(23)19-5-7-20(8-6-19)15(24)10-21-11-16-17-18-21/h1-4,11,22H,5-10H2. The Bertz CT molecular complexity index is 710. The number of aromatic hydroxyl groups is 1. The van der Waals surface area contributed by atoms with Gasteiger partial charge in [0, 0.05) is 31.7 Å². The Labute approximate surface area is 138 Å². The smallest absolute Gasteiger partial charge is 0.244 e. The molecule has 126 valence electrons. The molecule has 9 nitrogen and oxygen atoms in total. The maximum absolute atomic E-state index is 12.3. The van der Waals surface area contributed by atoms with Gasteiger partial charge in [-0.15, -0.1) is 5.10 Å². The SMILES string of the molecule is O=C(Cc1ccccc1O)N1CCN(C(=O)Cn2cnnn2)CC1. The highest BCUT2D eigenvalue weighted by molar-refractivity contribution is 5.80. The van der Waals surface area contributed by atoms with Crippen LogP contribution in [0.3, 0.4) is 0 Å². The molecule has 2 heterocycles. The van der Waals surface area contributed by atoms with Gasteiger partial charge in [0.1, 0.15) is 18.6 Å². The van der Waals surface area contributed by atoms with Crippen LogP contribution in [-0.4, -0.2) is 73.1 Å². The van der Waals surface area contributed by atoms with Crippen LogP contribution < -0.4 is 0 Å². The van der Waals surface area contributed by atoms with Crippen LogP contribution in [0.4, 0.5) is 0 Å². The number of tetrazole rings is 1. The van der Waals surface area contributed by atoms with Crippen LogP contribution in [-0.2, 0) is 22.6 Å². The van der Waals surface area contributed by atoms with E-state index in [0.717, 1.165) is 0 Å². The van der Waals surface area contributed by atoms with Crippen LogP contribution in [0, 0.1) is 0 Å². The number of para-hydroxylation sites is 1. The first-order chi connectivity index (χ1) is 11.6. The lowest BCUT2D eigenvalue weighted by Gasteiger charge is -2.34. The van der Waals surface area contributed by atoms with E-state index < -0.39 is 0 Å². The fraction of sp³-hybridized carbons (Fsp3) is 0.400. The summed E-state index contributed by atoms with van der Waals surface area (Å²) in [4.78, 5) is 27.9. The van der Waals surface area contributed by atoms with Gasteiger partial charge in [-0.25, -0.2) is 4.68 Å². The topological polar surface area (TPSA) is 104 Å². The third kappa shape index (κ3) is 3.67. The number of rotatable bonds is 4. The highest BCUT2D eigenvalue weighted by Crippen LogP contribution is 2.17. The first-order valence-corrected chi connectivity index (χ1v) is 7.66. The summed E-state index contributed by atoms with van der Waals surface area (Å²) in [5.74, 6) is 0.000262. The number of carbonyl (C=O) groups excluding carboxylic acids is 2. The van der Waals surface area contributed by atoms with Crippen molar-refractivity contribution >= 4 is 11.8 Å². The zero-order valence-corrected chi connectivity index (χ0v) is 13.1. The Morgan fingerprint density at radius 3 is 2.33 bits per heavy atom. The van der Waals surface area contributed by atoms with Gasteiger partial charge in [-0.1, -0.05) is 18.2 Å². The number of aromatic nitrogens is 4. The fourth-order valence-electron chi connectivity index (χ4n) is 2.63. The van der Waals surface area contributed by atoms with Crippen LogP contribution in [0.15, 0.2) is 30.6 Å². The summed E-state index contributed by atoms with van der Waals surface area (Å²) in [7, 11) is 0. The van der Waals surface area contributed by atoms with Crippen LogP contribution in [0.5, 0.6) is 5.75 Å². The third-order valence-electron chi connectivity index (χ3n) is 4.01. The molecule has 1 aromatic heterocycles. The average Bonchev–Trinajstić information content (AvgIpc) is 3.10. The lowest BCUT2D eigenvalue weighted by atomic mass is 10.1. The van der Waals surface area contributed by atoms with Crippen molar-refractivity contribution in [3.8, 4) is 5.75 Å². The zero-order valence-electron chi connectivity index (χ0n) is 13.1. The van der Waals surface area contributed by atoms with E-state index in [1.165, 1.54) is 11.0 Å². The monoisotopic (exact) mass is 330 g/mol. The molecule has 0 atom stereocenters. The van der Waals surface area contributed by atoms with Crippen molar-refractivity contribution in [1.29, 1.82) is 0 Å². The van der Waals surface area contributed by atoms with Crippen LogP contribution in [0.25, 0.3) is 0 Å². The average molecular weight is 330 g/mol. The maximum Gasteiger partial charge on any atom is 0.244 e. The summed E-state index contributed by atoms with van der Waals surface area (Å²) in [5.41, 5.74) is 0.611. The molecule has 0 radical (unpaired) electrons. The summed E-state index contributed by atoms with van der Waals surface area (Å²) in [6, 6.07) is 6.81. The van der Waals surface area contributed by atoms with Crippen molar-refractivity contribution in [2.75, 3.05) is 26.2 Å². The second kappa shape index (κ2) is 7.07. The summed E-state index contributed by atoms with van der Waals surface area (Å²) in [6.45, 7) is 2.02. The molecular formula is C15H18N6O3. The second-order valence-corrected chi connectivity index (χ2v) is 5.57. The van der Waals surface area contributed by atoms with Crippen molar-refractivity contribution in [2.24, 2.45) is 0 Å². The van der Waals surface area contributed by atoms with E-state index in [1.54, 1.807) is 34.1 Å². The van der Waals surface area contributed by atoms with E-state index in [1.807, 2.05) is 0 Å². The molecule has 1 aliphatic rings. The summed E-state index contributed by atoms with van der Waals surface area (Å²) < 4.78 is 1.37. The quantitative estimate of drug-likeness (QED) is 0.794. The lowest BCUT2D eigenvalue weighted by molar-refractivity contribution is -0.139. The molecule has 1 N–H and O–H groups in total. The van der Waals surface area contributed by atoms with Crippen LogP contribution in [0.1, 0.15) is 5.56 Å². The summed E-state index contributed by atoms with van der Waals surface area (Å²) in [5, 5.41) is 20.4. The molecule has 9 heteroatoms. The van der Waals surface area contributed by atoms with Crippen molar-refractivity contribution in [3.05, 3.63) is 36.2 Å². The normalized spacial score (nSPS) is 14.7. The molecule has 3 rings (SSSR count). The number of nitrogens with zero attached hydrogens (tertiary/aromatic N) is 6.